The first-order chi connectivity index (χ1) is 12.0. The van der Waals surface area contributed by atoms with Crippen molar-refractivity contribution in [1.29, 1.82) is 0 Å². The van der Waals surface area contributed by atoms with E-state index in [1.807, 2.05) is 25.1 Å². The highest BCUT2D eigenvalue weighted by atomic mass is 79.9. The molecule has 0 radical (unpaired) electrons. The van der Waals surface area contributed by atoms with Gasteiger partial charge in [0, 0.05) is 23.1 Å². The zero-order valence-electron chi connectivity index (χ0n) is 13.4. The Bertz CT molecular complexity index is 819. The third kappa shape index (κ3) is 3.74. The fourth-order valence-corrected chi connectivity index (χ4v) is 2.87. The fraction of sp³-hybridized carbons (Fsp3) is 0.235. The average Bonchev–Trinajstić information content (AvgIpc) is 3.24. The first kappa shape index (κ1) is 17.2. The highest BCUT2D eigenvalue weighted by molar-refractivity contribution is 9.10. The minimum absolute atomic E-state index is 0.0924. The highest BCUT2D eigenvalue weighted by Crippen LogP contribution is 2.28. The van der Waals surface area contributed by atoms with Crippen molar-refractivity contribution < 1.29 is 18.8 Å². The number of nitrogens with one attached hydrogen (secondary N) is 2. The van der Waals surface area contributed by atoms with Crippen molar-refractivity contribution in [3.8, 4) is 0 Å². The maximum Gasteiger partial charge on any atom is 0.305 e. The van der Waals surface area contributed by atoms with Crippen LogP contribution < -0.4 is 15.8 Å². The molecule has 1 aromatic carbocycles. The minimum Gasteiger partial charge on any atom is -0.459 e. The summed E-state index contributed by atoms with van der Waals surface area (Å²) in [5, 5.41) is 0. The van der Waals surface area contributed by atoms with E-state index in [9.17, 15) is 14.4 Å². The number of halogens is 1. The maximum absolute atomic E-state index is 12.2. The van der Waals surface area contributed by atoms with Crippen LogP contribution in [0, 0.1) is 12.8 Å². The van der Waals surface area contributed by atoms with Gasteiger partial charge in [0.25, 0.3) is 0 Å². The number of hydrazine groups is 1. The third-order valence-electron chi connectivity index (χ3n) is 3.99. The van der Waals surface area contributed by atoms with Gasteiger partial charge in [0.2, 0.25) is 11.8 Å². The lowest BCUT2D eigenvalue weighted by Crippen LogP contribution is -2.45. The normalized spacial score (nSPS) is 16.8. The molecule has 0 saturated carbocycles. The zero-order chi connectivity index (χ0) is 18.0. The van der Waals surface area contributed by atoms with E-state index in [4.69, 9.17) is 4.42 Å². The standard InChI is InChI=1S/C17H16BrN3O4/c1-10-7-12(4-5-13(10)18)21-9-11(8-15(21)22)16(23)19-20-17(24)14-3-2-6-25-14/h2-7,11H,8-9H2,1H3,(H,19,23)(H,20,24). The van der Waals surface area contributed by atoms with Gasteiger partial charge in [-0.2, -0.15) is 0 Å². The van der Waals surface area contributed by atoms with Crippen LogP contribution in [-0.4, -0.2) is 24.3 Å². The van der Waals surface area contributed by atoms with E-state index in [0.717, 1.165) is 15.7 Å². The van der Waals surface area contributed by atoms with Crippen molar-refractivity contribution in [1.82, 2.24) is 10.9 Å². The second kappa shape index (κ2) is 7.10. The quantitative estimate of drug-likeness (QED) is 0.765. The van der Waals surface area contributed by atoms with Gasteiger partial charge in [-0.1, -0.05) is 15.9 Å². The van der Waals surface area contributed by atoms with Gasteiger partial charge in [-0.15, -0.1) is 0 Å². The van der Waals surface area contributed by atoms with Crippen LogP contribution in [0.5, 0.6) is 0 Å². The Hall–Kier alpha value is -2.61. The molecule has 2 heterocycles. The van der Waals surface area contributed by atoms with Crippen molar-refractivity contribution >= 4 is 39.3 Å². The molecular weight excluding hydrogens is 390 g/mol. The molecule has 7 nitrogen and oxygen atoms in total. The summed E-state index contributed by atoms with van der Waals surface area (Å²) in [6.07, 6.45) is 1.46. The van der Waals surface area contributed by atoms with E-state index >= 15 is 0 Å². The van der Waals surface area contributed by atoms with Crippen molar-refractivity contribution in [3.63, 3.8) is 0 Å². The summed E-state index contributed by atoms with van der Waals surface area (Å²) in [5.41, 5.74) is 6.37. The van der Waals surface area contributed by atoms with Crippen molar-refractivity contribution in [3.05, 3.63) is 52.4 Å². The number of hydrogen-bond donors (Lipinski definition) is 2. The lowest BCUT2D eigenvalue weighted by Gasteiger charge is -2.17. The maximum atomic E-state index is 12.2. The third-order valence-corrected chi connectivity index (χ3v) is 4.88. The van der Waals surface area contributed by atoms with Crippen LogP contribution in [0.15, 0.2) is 45.5 Å². The number of aryl methyl sites for hydroxylation is 1. The Morgan fingerprint density at radius 3 is 2.76 bits per heavy atom. The molecule has 1 unspecified atom stereocenters. The van der Waals surface area contributed by atoms with Gasteiger partial charge in [-0.25, -0.2) is 0 Å². The second-order valence-corrected chi connectivity index (χ2v) is 6.61. The topological polar surface area (TPSA) is 91.7 Å². The molecule has 1 aliphatic heterocycles. The predicted octanol–water partition coefficient (Wildman–Crippen LogP) is 2.16. The molecule has 25 heavy (non-hydrogen) atoms. The van der Waals surface area contributed by atoms with Gasteiger partial charge in [0.05, 0.1) is 12.2 Å². The lowest BCUT2D eigenvalue weighted by molar-refractivity contribution is -0.126. The number of carbonyl (C=O) groups is 3. The summed E-state index contributed by atoms with van der Waals surface area (Å²) in [5.74, 6) is -1.53. The molecule has 0 bridgehead atoms. The zero-order valence-corrected chi connectivity index (χ0v) is 15.0. The van der Waals surface area contributed by atoms with Gasteiger partial charge in [-0.05, 0) is 42.8 Å². The molecular formula is C17H16BrN3O4. The molecule has 3 rings (SSSR count). The van der Waals surface area contributed by atoms with E-state index in [0.29, 0.717) is 0 Å². The predicted molar refractivity (Wildman–Crippen MR) is 93.7 cm³/mol. The first-order valence-corrected chi connectivity index (χ1v) is 8.45. The molecule has 0 spiro atoms. The number of hydrogen-bond acceptors (Lipinski definition) is 4. The second-order valence-electron chi connectivity index (χ2n) is 5.76. The largest absolute Gasteiger partial charge is 0.459 e. The summed E-state index contributed by atoms with van der Waals surface area (Å²) in [6.45, 7) is 2.20. The van der Waals surface area contributed by atoms with Crippen LogP contribution in [0.25, 0.3) is 0 Å². The molecule has 1 atom stereocenters. The van der Waals surface area contributed by atoms with Gasteiger partial charge in [0.1, 0.15) is 0 Å². The first-order valence-electron chi connectivity index (χ1n) is 7.66. The summed E-state index contributed by atoms with van der Waals surface area (Å²) in [4.78, 5) is 37.8. The number of rotatable bonds is 3. The van der Waals surface area contributed by atoms with Crippen LogP contribution in [0.2, 0.25) is 0 Å². The molecule has 2 aromatic rings. The Labute approximate surface area is 152 Å². The summed E-state index contributed by atoms with van der Waals surface area (Å²) >= 11 is 3.42. The number of anilines is 1. The number of amides is 3. The van der Waals surface area contributed by atoms with Crippen molar-refractivity contribution in [2.24, 2.45) is 5.92 Å². The molecule has 1 aliphatic rings. The van der Waals surface area contributed by atoms with Gasteiger partial charge < -0.3 is 9.32 Å². The molecule has 1 aromatic heterocycles. The van der Waals surface area contributed by atoms with Crippen LogP contribution in [0.1, 0.15) is 22.5 Å². The Kier molecular flexibility index (Phi) is 4.89. The van der Waals surface area contributed by atoms with Gasteiger partial charge in [0.15, 0.2) is 5.76 Å². The SMILES string of the molecule is Cc1cc(N2CC(C(=O)NNC(=O)c3ccco3)CC2=O)ccc1Br. The highest BCUT2D eigenvalue weighted by Gasteiger charge is 2.35. The molecule has 1 saturated heterocycles. The number of benzene rings is 1. The summed E-state index contributed by atoms with van der Waals surface area (Å²) < 4.78 is 5.89. The van der Waals surface area contributed by atoms with Crippen LogP contribution >= 0.6 is 15.9 Å². The molecule has 8 heteroatoms. The molecule has 130 valence electrons. The van der Waals surface area contributed by atoms with Crippen molar-refractivity contribution in [2.75, 3.05) is 11.4 Å². The van der Waals surface area contributed by atoms with E-state index in [1.54, 1.807) is 11.0 Å². The minimum atomic E-state index is -0.553. The fourth-order valence-electron chi connectivity index (χ4n) is 2.62. The van der Waals surface area contributed by atoms with Crippen LogP contribution in [-0.2, 0) is 9.59 Å². The monoisotopic (exact) mass is 405 g/mol. The van der Waals surface area contributed by atoms with E-state index in [-0.39, 0.29) is 24.6 Å². The Morgan fingerprint density at radius 2 is 2.08 bits per heavy atom. The molecule has 3 amide bonds. The van der Waals surface area contributed by atoms with E-state index in [2.05, 4.69) is 26.8 Å². The Morgan fingerprint density at radius 1 is 1.28 bits per heavy atom. The van der Waals surface area contributed by atoms with E-state index in [1.165, 1.54) is 12.3 Å². The van der Waals surface area contributed by atoms with Crippen LogP contribution in [0.3, 0.4) is 0 Å². The Balaban J connectivity index is 1.60. The number of furan rings is 1. The molecule has 2 N–H and O–H groups in total. The number of nitrogens with zero attached hydrogens (tertiary/aromatic N) is 1. The average molecular weight is 406 g/mol. The number of carbonyl (C=O) groups excluding carboxylic acids is 3. The molecule has 0 aliphatic carbocycles. The lowest BCUT2D eigenvalue weighted by atomic mass is 10.1. The molecule has 1 fully saturated rings. The van der Waals surface area contributed by atoms with Gasteiger partial charge in [-0.3, -0.25) is 25.2 Å². The van der Waals surface area contributed by atoms with Crippen LogP contribution in [0.4, 0.5) is 5.69 Å². The van der Waals surface area contributed by atoms with Gasteiger partial charge >= 0.3 is 5.91 Å². The smallest absolute Gasteiger partial charge is 0.305 e. The summed E-state index contributed by atoms with van der Waals surface area (Å²) in [6, 6.07) is 8.65. The summed E-state index contributed by atoms with van der Waals surface area (Å²) in [7, 11) is 0. The van der Waals surface area contributed by atoms with E-state index < -0.39 is 17.7 Å². The van der Waals surface area contributed by atoms with Crippen molar-refractivity contribution in [2.45, 2.75) is 13.3 Å².